The fourth-order valence-corrected chi connectivity index (χ4v) is 1.55. The second-order valence-electron chi connectivity index (χ2n) is 3.53. The molecular weight excluding hydrogens is 182 g/mol. The summed E-state index contributed by atoms with van der Waals surface area (Å²) in [5.41, 5.74) is 4.93. The summed E-state index contributed by atoms with van der Waals surface area (Å²) < 4.78 is 0. The molecule has 1 rings (SSSR count). The number of carbonyl (C=O) groups excluding carboxylic acids is 2. The van der Waals surface area contributed by atoms with Crippen LogP contribution in [0.5, 0.6) is 0 Å². The summed E-state index contributed by atoms with van der Waals surface area (Å²) in [5, 5.41) is 2.49. The number of nitrogens with zero attached hydrogens (tertiary/aromatic N) is 1. The molecule has 1 aliphatic rings. The molecule has 0 bridgehead atoms. The smallest absolute Gasteiger partial charge is 0.317 e. The number of hydrogen-bond donors (Lipinski definition) is 2. The summed E-state index contributed by atoms with van der Waals surface area (Å²) >= 11 is 0. The van der Waals surface area contributed by atoms with Crippen molar-refractivity contribution < 1.29 is 9.59 Å². The molecule has 80 valence electrons. The standard InChI is InChI=1S/C9H17N3O2/c10-8(13)7-11-9(14)12-5-3-1-2-4-6-12/h1-7H2,(H2,10,13)(H,11,14). The van der Waals surface area contributed by atoms with Crippen LogP contribution in [0.25, 0.3) is 0 Å². The Hall–Kier alpha value is -1.26. The quantitative estimate of drug-likeness (QED) is 0.659. The highest BCUT2D eigenvalue weighted by Gasteiger charge is 2.14. The van der Waals surface area contributed by atoms with Crippen LogP contribution < -0.4 is 11.1 Å². The molecule has 0 radical (unpaired) electrons. The van der Waals surface area contributed by atoms with Crippen molar-refractivity contribution in [2.24, 2.45) is 5.73 Å². The van der Waals surface area contributed by atoms with Crippen molar-refractivity contribution in [2.45, 2.75) is 25.7 Å². The second kappa shape index (κ2) is 5.47. The van der Waals surface area contributed by atoms with Gasteiger partial charge in [-0.05, 0) is 12.8 Å². The van der Waals surface area contributed by atoms with Crippen LogP contribution in [0.15, 0.2) is 0 Å². The van der Waals surface area contributed by atoms with Gasteiger partial charge < -0.3 is 16.0 Å². The van der Waals surface area contributed by atoms with E-state index >= 15 is 0 Å². The third-order valence-corrected chi connectivity index (χ3v) is 2.31. The van der Waals surface area contributed by atoms with E-state index in [1.54, 1.807) is 4.90 Å². The summed E-state index contributed by atoms with van der Waals surface area (Å²) in [6, 6.07) is -0.175. The first-order chi connectivity index (χ1) is 6.70. The highest BCUT2D eigenvalue weighted by Crippen LogP contribution is 2.09. The summed E-state index contributed by atoms with van der Waals surface area (Å²) in [4.78, 5) is 23.7. The second-order valence-corrected chi connectivity index (χ2v) is 3.53. The molecule has 1 heterocycles. The lowest BCUT2D eigenvalue weighted by Crippen LogP contribution is -2.43. The molecule has 3 N–H and O–H groups in total. The van der Waals surface area contributed by atoms with Crippen LogP contribution in [0.4, 0.5) is 4.79 Å². The Morgan fingerprint density at radius 2 is 1.71 bits per heavy atom. The fourth-order valence-electron chi connectivity index (χ4n) is 1.55. The Labute approximate surface area is 83.6 Å². The Morgan fingerprint density at radius 3 is 2.21 bits per heavy atom. The summed E-state index contributed by atoms with van der Waals surface area (Å²) in [6.45, 7) is 1.49. The fraction of sp³-hybridized carbons (Fsp3) is 0.778. The topological polar surface area (TPSA) is 75.4 Å². The van der Waals surface area contributed by atoms with Gasteiger partial charge in [0.1, 0.15) is 0 Å². The molecule has 1 aliphatic heterocycles. The first kappa shape index (κ1) is 10.8. The first-order valence-corrected chi connectivity index (χ1v) is 5.01. The minimum atomic E-state index is -0.506. The zero-order valence-corrected chi connectivity index (χ0v) is 8.29. The van der Waals surface area contributed by atoms with E-state index in [1.807, 2.05) is 0 Å². The lowest BCUT2D eigenvalue weighted by molar-refractivity contribution is -0.117. The summed E-state index contributed by atoms with van der Waals surface area (Å²) in [5.74, 6) is -0.506. The van der Waals surface area contributed by atoms with E-state index in [9.17, 15) is 9.59 Å². The van der Waals surface area contributed by atoms with Gasteiger partial charge in [0.25, 0.3) is 0 Å². The Balaban J connectivity index is 2.30. The molecule has 14 heavy (non-hydrogen) atoms. The molecule has 0 aromatic carbocycles. The van der Waals surface area contributed by atoms with Gasteiger partial charge in [-0.3, -0.25) is 4.79 Å². The van der Waals surface area contributed by atoms with E-state index in [0.29, 0.717) is 0 Å². The van der Waals surface area contributed by atoms with Gasteiger partial charge in [-0.25, -0.2) is 4.79 Å². The predicted molar refractivity (Wildman–Crippen MR) is 52.6 cm³/mol. The van der Waals surface area contributed by atoms with Gasteiger partial charge in [0.05, 0.1) is 6.54 Å². The first-order valence-electron chi connectivity index (χ1n) is 5.01. The molecule has 5 heteroatoms. The van der Waals surface area contributed by atoms with Crippen molar-refractivity contribution in [1.29, 1.82) is 0 Å². The van der Waals surface area contributed by atoms with Crippen molar-refractivity contribution >= 4 is 11.9 Å². The maximum Gasteiger partial charge on any atom is 0.317 e. The van der Waals surface area contributed by atoms with Crippen molar-refractivity contribution in [3.05, 3.63) is 0 Å². The zero-order valence-electron chi connectivity index (χ0n) is 8.29. The van der Waals surface area contributed by atoms with Gasteiger partial charge >= 0.3 is 6.03 Å². The van der Waals surface area contributed by atoms with Crippen LogP contribution in [0.1, 0.15) is 25.7 Å². The predicted octanol–water partition coefficient (Wildman–Crippen LogP) is 0.0573. The van der Waals surface area contributed by atoms with Gasteiger partial charge in [0.2, 0.25) is 5.91 Å². The number of hydrogen-bond acceptors (Lipinski definition) is 2. The Kier molecular flexibility index (Phi) is 4.22. The average Bonchev–Trinajstić information content (AvgIpc) is 2.42. The van der Waals surface area contributed by atoms with Crippen LogP contribution in [-0.2, 0) is 4.79 Å². The summed E-state index contributed by atoms with van der Waals surface area (Å²) in [7, 11) is 0. The number of nitrogens with one attached hydrogen (secondary N) is 1. The minimum absolute atomic E-state index is 0.0741. The normalized spacial score (nSPS) is 17.3. The third kappa shape index (κ3) is 3.64. The van der Waals surface area contributed by atoms with Gasteiger partial charge in [-0.15, -0.1) is 0 Å². The van der Waals surface area contributed by atoms with Gasteiger partial charge in [0, 0.05) is 13.1 Å². The third-order valence-electron chi connectivity index (χ3n) is 2.31. The lowest BCUT2D eigenvalue weighted by Gasteiger charge is -2.20. The number of primary amides is 1. The van der Waals surface area contributed by atoms with Crippen molar-refractivity contribution in [3.8, 4) is 0 Å². The molecule has 0 aromatic rings. The van der Waals surface area contributed by atoms with E-state index in [2.05, 4.69) is 5.32 Å². The molecule has 1 saturated heterocycles. The molecule has 0 unspecified atom stereocenters. The van der Waals surface area contributed by atoms with Crippen LogP contribution in [0, 0.1) is 0 Å². The highest BCUT2D eigenvalue weighted by molar-refractivity contribution is 5.82. The van der Waals surface area contributed by atoms with Crippen LogP contribution in [-0.4, -0.2) is 36.5 Å². The minimum Gasteiger partial charge on any atom is -0.368 e. The number of urea groups is 1. The van der Waals surface area contributed by atoms with Gasteiger partial charge in [0.15, 0.2) is 0 Å². The molecule has 0 spiro atoms. The Bertz CT molecular complexity index is 210. The number of carbonyl (C=O) groups is 2. The maximum atomic E-state index is 11.5. The van der Waals surface area contributed by atoms with Gasteiger partial charge in [-0.1, -0.05) is 12.8 Å². The molecule has 0 saturated carbocycles. The van der Waals surface area contributed by atoms with Crippen molar-refractivity contribution in [3.63, 3.8) is 0 Å². The number of amides is 3. The van der Waals surface area contributed by atoms with Gasteiger partial charge in [-0.2, -0.15) is 0 Å². The number of likely N-dealkylation sites (tertiary alicyclic amines) is 1. The average molecular weight is 199 g/mol. The number of rotatable bonds is 2. The molecule has 0 aliphatic carbocycles. The van der Waals surface area contributed by atoms with E-state index in [-0.39, 0.29) is 12.6 Å². The largest absolute Gasteiger partial charge is 0.368 e. The molecule has 0 atom stereocenters. The monoisotopic (exact) mass is 199 g/mol. The summed E-state index contributed by atoms with van der Waals surface area (Å²) in [6.07, 6.45) is 4.45. The Morgan fingerprint density at radius 1 is 1.14 bits per heavy atom. The van der Waals surface area contributed by atoms with Crippen molar-refractivity contribution in [1.82, 2.24) is 10.2 Å². The maximum absolute atomic E-state index is 11.5. The van der Waals surface area contributed by atoms with Crippen LogP contribution in [0.2, 0.25) is 0 Å². The lowest BCUT2D eigenvalue weighted by atomic mass is 10.2. The van der Waals surface area contributed by atoms with Crippen molar-refractivity contribution in [2.75, 3.05) is 19.6 Å². The van der Waals surface area contributed by atoms with E-state index in [4.69, 9.17) is 5.73 Å². The van der Waals surface area contributed by atoms with E-state index in [0.717, 1.165) is 25.9 Å². The molecule has 1 fully saturated rings. The van der Waals surface area contributed by atoms with E-state index in [1.165, 1.54) is 12.8 Å². The SMILES string of the molecule is NC(=O)CNC(=O)N1CCCCCC1. The number of nitrogens with two attached hydrogens (primary N) is 1. The molecule has 3 amide bonds. The van der Waals surface area contributed by atoms with Crippen LogP contribution >= 0.6 is 0 Å². The zero-order chi connectivity index (χ0) is 10.4. The van der Waals surface area contributed by atoms with Crippen LogP contribution in [0.3, 0.4) is 0 Å². The molecule has 5 nitrogen and oxygen atoms in total. The van der Waals surface area contributed by atoms with E-state index < -0.39 is 5.91 Å². The highest BCUT2D eigenvalue weighted by atomic mass is 16.2. The molecule has 0 aromatic heterocycles. The molecular formula is C9H17N3O2.